The number of quaternary nitrogens is 1. The Morgan fingerprint density at radius 2 is 1.60 bits per heavy atom. The maximum Gasteiger partial charge on any atom is 0.123 e. The molecule has 0 radical (unpaired) electrons. The summed E-state index contributed by atoms with van der Waals surface area (Å²) in [4.78, 5) is 10.6. The fraction of sp³-hybridized carbons (Fsp3) is 0.188. The van der Waals surface area contributed by atoms with Crippen molar-refractivity contribution in [1.82, 2.24) is 0 Å². The van der Waals surface area contributed by atoms with Crippen molar-refractivity contribution in [3.63, 3.8) is 0 Å². The minimum absolute atomic E-state index is 0.195. The standard InChI is InChI=1S/C16H16FNO2/c17-15-7-3-12(4-8-15)9-10-18-11-13-1-5-14(6-2-13)16(19)20/h1-8,18H,9-11H2,(H,19,20). The first-order valence-corrected chi connectivity index (χ1v) is 6.51. The molecule has 4 heteroatoms. The second-order valence-electron chi connectivity index (χ2n) is 4.64. The molecule has 0 aliphatic heterocycles. The van der Waals surface area contributed by atoms with Crippen LogP contribution in [0.25, 0.3) is 0 Å². The molecule has 0 bridgehead atoms. The van der Waals surface area contributed by atoms with Crippen LogP contribution in [-0.2, 0) is 13.0 Å². The third-order valence-electron chi connectivity index (χ3n) is 3.12. The maximum absolute atomic E-state index is 12.7. The Morgan fingerprint density at radius 3 is 2.20 bits per heavy atom. The Balaban J connectivity index is 1.75. The van der Waals surface area contributed by atoms with Crippen LogP contribution in [0.5, 0.6) is 0 Å². The van der Waals surface area contributed by atoms with E-state index < -0.39 is 5.97 Å². The van der Waals surface area contributed by atoms with Crippen LogP contribution in [0, 0.1) is 5.82 Å². The molecule has 2 aromatic rings. The van der Waals surface area contributed by atoms with Crippen LogP contribution in [0.3, 0.4) is 0 Å². The van der Waals surface area contributed by atoms with E-state index in [1.165, 1.54) is 12.1 Å². The van der Waals surface area contributed by atoms with Crippen molar-refractivity contribution in [1.29, 1.82) is 0 Å². The Hall–Kier alpha value is -2.20. The molecule has 104 valence electrons. The molecule has 2 aromatic carbocycles. The lowest BCUT2D eigenvalue weighted by Crippen LogP contribution is -2.83. The number of rotatable bonds is 6. The van der Waals surface area contributed by atoms with Crippen molar-refractivity contribution in [2.75, 3.05) is 6.54 Å². The lowest BCUT2D eigenvalue weighted by molar-refractivity contribution is -0.670. The number of carboxylic acid groups (broad SMARTS) is 1. The van der Waals surface area contributed by atoms with Crippen LogP contribution in [0.1, 0.15) is 21.5 Å². The average Bonchev–Trinajstić information content (AvgIpc) is 2.46. The van der Waals surface area contributed by atoms with Gasteiger partial charge in [0.15, 0.2) is 0 Å². The number of aromatic carboxylic acids is 1. The zero-order valence-electron chi connectivity index (χ0n) is 11.0. The van der Waals surface area contributed by atoms with Gasteiger partial charge in [0.1, 0.15) is 12.4 Å². The highest BCUT2D eigenvalue weighted by atomic mass is 19.1. The van der Waals surface area contributed by atoms with Crippen molar-refractivity contribution in [2.45, 2.75) is 13.0 Å². The molecule has 2 rings (SSSR count). The van der Waals surface area contributed by atoms with Crippen LogP contribution in [-0.4, -0.2) is 12.5 Å². The van der Waals surface area contributed by atoms with E-state index in [1.807, 2.05) is 0 Å². The molecule has 0 amide bonds. The summed E-state index contributed by atoms with van der Waals surface area (Å²) in [6.07, 6.45) is 0.872. The summed E-state index contributed by atoms with van der Waals surface area (Å²) in [5.41, 5.74) is 2.36. The molecule has 20 heavy (non-hydrogen) atoms. The zero-order chi connectivity index (χ0) is 14.4. The number of hydrogen-bond acceptors (Lipinski definition) is 2. The molecule has 2 N–H and O–H groups in total. The monoisotopic (exact) mass is 273 g/mol. The predicted molar refractivity (Wildman–Crippen MR) is 71.4 cm³/mol. The number of benzene rings is 2. The Labute approximate surface area is 117 Å². The number of hydrogen-bond donors (Lipinski definition) is 1. The molecule has 3 nitrogen and oxygen atoms in total. The van der Waals surface area contributed by atoms with Gasteiger partial charge >= 0.3 is 0 Å². The van der Waals surface area contributed by atoms with Gasteiger partial charge in [-0.05, 0) is 23.3 Å². The number of carbonyl (C=O) groups is 1. The van der Waals surface area contributed by atoms with Crippen molar-refractivity contribution >= 4 is 5.97 Å². The molecule has 0 spiro atoms. The summed E-state index contributed by atoms with van der Waals surface area (Å²) in [6.45, 7) is 1.68. The first-order chi connectivity index (χ1) is 9.65. The second kappa shape index (κ2) is 6.82. The van der Waals surface area contributed by atoms with Gasteiger partial charge in [-0.1, -0.05) is 36.4 Å². The Morgan fingerprint density at radius 1 is 1.00 bits per heavy atom. The Bertz CT molecular complexity index is 564. The number of nitrogens with two attached hydrogens (primary N) is 1. The SMILES string of the molecule is O=C([O-])c1ccc(C[NH2+]CCc2ccc(F)cc2)cc1. The molecule has 0 aromatic heterocycles. The van der Waals surface area contributed by atoms with Gasteiger partial charge in [-0.2, -0.15) is 0 Å². The molecule has 0 aliphatic rings. The molecule has 0 saturated carbocycles. The average molecular weight is 273 g/mol. The van der Waals surface area contributed by atoms with Crippen molar-refractivity contribution in [3.05, 3.63) is 71.0 Å². The Kier molecular flexibility index (Phi) is 4.85. The van der Waals surface area contributed by atoms with E-state index in [4.69, 9.17) is 0 Å². The van der Waals surface area contributed by atoms with E-state index in [-0.39, 0.29) is 11.4 Å². The van der Waals surface area contributed by atoms with Gasteiger partial charge in [-0.15, -0.1) is 0 Å². The molecular weight excluding hydrogens is 257 g/mol. The largest absolute Gasteiger partial charge is 0.545 e. The van der Waals surface area contributed by atoms with E-state index in [2.05, 4.69) is 5.32 Å². The normalized spacial score (nSPS) is 10.4. The number of carbonyl (C=O) groups excluding carboxylic acids is 1. The third kappa shape index (κ3) is 4.17. The lowest BCUT2D eigenvalue weighted by atomic mass is 10.1. The van der Waals surface area contributed by atoms with Gasteiger partial charge < -0.3 is 15.2 Å². The topological polar surface area (TPSA) is 56.7 Å². The molecule has 0 unspecified atom stereocenters. The van der Waals surface area contributed by atoms with Crippen molar-refractivity contribution in [2.24, 2.45) is 0 Å². The summed E-state index contributed by atoms with van der Waals surface area (Å²) in [5.74, 6) is -1.37. The van der Waals surface area contributed by atoms with Gasteiger partial charge in [0, 0.05) is 12.0 Å². The summed E-state index contributed by atoms with van der Waals surface area (Å²) >= 11 is 0. The van der Waals surface area contributed by atoms with Gasteiger partial charge in [-0.3, -0.25) is 0 Å². The van der Waals surface area contributed by atoms with Crippen molar-refractivity contribution in [3.8, 4) is 0 Å². The number of halogens is 1. The van der Waals surface area contributed by atoms with Crippen LogP contribution in [0.15, 0.2) is 48.5 Å². The summed E-state index contributed by atoms with van der Waals surface area (Å²) in [5, 5.41) is 12.7. The third-order valence-corrected chi connectivity index (χ3v) is 3.12. The van der Waals surface area contributed by atoms with E-state index in [0.717, 1.165) is 30.6 Å². The van der Waals surface area contributed by atoms with E-state index in [9.17, 15) is 14.3 Å². The van der Waals surface area contributed by atoms with Gasteiger partial charge in [-0.25, -0.2) is 4.39 Å². The summed E-state index contributed by atoms with van der Waals surface area (Å²) in [7, 11) is 0. The van der Waals surface area contributed by atoms with E-state index >= 15 is 0 Å². The van der Waals surface area contributed by atoms with Crippen LogP contribution in [0.4, 0.5) is 4.39 Å². The molecular formula is C16H16FNO2. The minimum atomic E-state index is -1.16. The highest BCUT2D eigenvalue weighted by Crippen LogP contribution is 2.03. The van der Waals surface area contributed by atoms with Gasteiger partial charge in [0.25, 0.3) is 0 Å². The highest BCUT2D eigenvalue weighted by molar-refractivity contribution is 5.85. The van der Waals surface area contributed by atoms with Gasteiger partial charge in [0.2, 0.25) is 0 Å². The van der Waals surface area contributed by atoms with Crippen molar-refractivity contribution < 1.29 is 19.6 Å². The predicted octanol–water partition coefficient (Wildman–Crippen LogP) is 0.495. The zero-order valence-corrected chi connectivity index (χ0v) is 11.0. The minimum Gasteiger partial charge on any atom is -0.545 e. The quantitative estimate of drug-likeness (QED) is 0.779. The first kappa shape index (κ1) is 14.2. The summed E-state index contributed by atoms with van der Waals surface area (Å²) in [6, 6.07) is 13.2. The highest BCUT2D eigenvalue weighted by Gasteiger charge is 1.99. The molecule has 0 fully saturated rings. The lowest BCUT2D eigenvalue weighted by Gasteiger charge is -2.05. The molecule has 0 saturated heterocycles. The van der Waals surface area contributed by atoms with E-state index in [1.54, 1.807) is 36.4 Å². The molecule has 0 aliphatic carbocycles. The molecule has 0 atom stereocenters. The fourth-order valence-corrected chi connectivity index (χ4v) is 1.97. The second-order valence-corrected chi connectivity index (χ2v) is 4.64. The first-order valence-electron chi connectivity index (χ1n) is 6.51. The van der Waals surface area contributed by atoms with Crippen LogP contribution < -0.4 is 10.4 Å². The molecule has 0 heterocycles. The van der Waals surface area contributed by atoms with Crippen LogP contribution >= 0.6 is 0 Å². The van der Waals surface area contributed by atoms with Gasteiger partial charge in [0.05, 0.1) is 12.5 Å². The van der Waals surface area contributed by atoms with Crippen LogP contribution in [0.2, 0.25) is 0 Å². The fourth-order valence-electron chi connectivity index (χ4n) is 1.97. The number of carboxylic acids is 1. The summed E-state index contributed by atoms with van der Waals surface area (Å²) < 4.78 is 12.7. The smallest absolute Gasteiger partial charge is 0.123 e. The van der Waals surface area contributed by atoms with E-state index in [0.29, 0.717) is 0 Å². The maximum atomic E-state index is 12.7.